The molecule has 0 aromatic heterocycles. The average Bonchev–Trinajstić information content (AvgIpc) is 2.37. The van der Waals surface area contributed by atoms with E-state index in [-0.39, 0.29) is 18.9 Å². The summed E-state index contributed by atoms with van der Waals surface area (Å²) in [5.41, 5.74) is 6.58. The Balaban J connectivity index is 2.48. The molecule has 0 heterocycles. The highest BCUT2D eigenvalue weighted by atomic mass is 19.4. The number of benzene rings is 1. The van der Waals surface area contributed by atoms with E-state index in [1.807, 2.05) is 0 Å². The van der Waals surface area contributed by atoms with E-state index in [4.69, 9.17) is 5.73 Å². The van der Waals surface area contributed by atoms with Crippen molar-refractivity contribution in [3.05, 3.63) is 24.3 Å². The third kappa shape index (κ3) is 6.99. The van der Waals surface area contributed by atoms with Crippen molar-refractivity contribution in [3.8, 4) is 0 Å². The van der Waals surface area contributed by atoms with Gasteiger partial charge in [-0.05, 0) is 25.1 Å². The lowest BCUT2D eigenvalue weighted by Crippen LogP contribution is -2.36. The Bertz CT molecular complexity index is 463. The molecule has 0 aliphatic carbocycles. The van der Waals surface area contributed by atoms with Crippen LogP contribution < -0.4 is 11.1 Å². The summed E-state index contributed by atoms with van der Waals surface area (Å²) >= 11 is 0. The highest BCUT2D eigenvalue weighted by molar-refractivity contribution is 5.93. The number of carbonyl (C=O) groups excluding carboxylic acids is 1. The molecule has 3 N–H and O–H groups in total. The van der Waals surface area contributed by atoms with Crippen LogP contribution in [0.5, 0.6) is 0 Å². The maximum absolute atomic E-state index is 12.4. The van der Waals surface area contributed by atoms with Crippen molar-refractivity contribution >= 4 is 17.3 Å². The first kappa shape index (κ1) is 17.3. The standard InChI is InChI=1S/C14H20F3N3O/c1-2-8-20(10-14(15,16)17)9-7-13(21)19-12-6-4-3-5-11(12)18/h3-6H,2,7-10,18H2,1H3,(H,19,21). The van der Waals surface area contributed by atoms with Gasteiger partial charge in [0.05, 0.1) is 17.9 Å². The van der Waals surface area contributed by atoms with Crippen LogP contribution in [0, 0.1) is 0 Å². The lowest BCUT2D eigenvalue weighted by molar-refractivity contribution is -0.146. The molecule has 7 heteroatoms. The Hall–Kier alpha value is -1.76. The number of halogens is 3. The van der Waals surface area contributed by atoms with Crippen LogP contribution in [0.15, 0.2) is 24.3 Å². The number of rotatable bonds is 7. The van der Waals surface area contributed by atoms with Gasteiger partial charge in [-0.25, -0.2) is 0 Å². The molecular weight excluding hydrogens is 283 g/mol. The largest absolute Gasteiger partial charge is 0.401 e. The van der Waals surface area contributed by atoms with Crippen molar-refractivity contribution in [2.24, 2.45) is 0 Å². The maximum Gasteiger partial charge on any atom is 0.401 e. The highest BCUT2D eigenvalue weighted by Crippen LogP contribution is 2.18. The second-order valence-corrected chi connectivity index (χ2v) is 4.78. The van der Waals surface area contributed by atoms with Gasteiger partial charge in [-0.15, -0.1) is 0 Å². The predicted octanol–water partition coefficient (Wildman–Crippen LogP) is 2.87. The van der Waals surface area contributed by atoms with Crippen molar-refractivity contribution in [2.45, 2.75) is 25.9 Å². The first-order valence-corrected chi connectivity index (χ1v) is 6.75. The van der Waals surface area contributed by atoms with E-state index in [0.717, 1.165) is 0 Å². The zero-order valence-electron chi connectivity index (χ0n) is 11.9. The van der Waals surface area contributed by atoms with Gasteiger partial charge in [0, 0.05) is 13.0 Å². The Morgan fingerprint density at radius 1 is 1.29 bits per heavy atom. The molecule has 0 radical (unpaired) electrons. The number of hydrogen-bond donors (Lipinski definition) is 2. The van der Waals surface area contributed by atoms with E-state index < -0.39 is 12.7 Å². The topological polar surface area (TPSA) is 58.4 Å². The molecule has 0 bridgehead atoms. The lowest BCUT2D eigenvalue weighted by Gasteiger charge is -2.22. The quantitative estimate of drug-likeness (QED) is 0.762. The summed E-state index contributed by atoms with van der Waals surface area (Å²) in [7, 11) is 0. The lowest BCUT2D eigenvalue weighted by atomic mass is 10.2. The summed E-state index contributed by atoms with van der Waals surface area (Å²) in [6.45, 7) is 1.17. The smallest absolute Gasteiger partial charge is 0.397 e. The van der Waals surface area contributed by atoms with Crippen molar-refractivity contribution < 1.29 is 18.0 Å². The molecular formula is C14H20F3N3O. The Morgan fingerprint density at radius 2 is 1.95 bits per heavy atom. The summed E-state index contributed by atoms with van der Waals surface area (Å²) in [5, 5.41) is 2.60. The summed E-state index contributed by atoms with van der Waals surface area (Å²) in [5.74, 6) is -0.351. The Kier molecular flexibility index (Phi) is 6.48. The summed E-state index contributed by atoms with van der Waals surface area (Å²) < 4.78 is 37.2. The van der Waals surface area contributed by atoms with E-state index in [1.54, 1.807) is 31.2 Å². The molecule has 4 nitrogen and oxygen atoms in total. The van der Waals surface area contributed by atoms with Crippen LogP contribution in [-0.4, -0.2) is 36.6 Å². The molecule has 1 aromatic carbocycles. The predicted molar refractivity (Wildman–Crippen MR) is 76.9 cm³/mol. The molecule has 118 valence electrons. The first-order chi connectivity index (χ1) is 9.81. The second kappa shape index (κ2) is 7.87. The minimum atomic E-state index is -4.25. The van der Waals surface area contributed by atoms with Crippen LogP contribution in [0.4, 0.5) is 24.5 Å². The van der Waals surface area contributed by atoms with Crippen LogP contribution in [0.3, 0.4) is 0 Å². The number of alkyl halides is 3. The maximum atomic E-state index is 12.4. The number of nitrogens with one attached hydrogen (secondary N) is 1. The van der Waals surface area contributed by atoms with Crippen molar-refractivity contribution in [1.82, 2.24) is 4.90 Å². The minimum absolute atomic E-state index is 0.00951. The van der Waals surface area contributed by atoms with E-state index in [9.17, 15) is 18.0 Å². The van der Waals surface area contributed by atoms with Gasteiger partial charge >= 0.3 is 6.18 Å². The number of carbonyl (C=O) groups is 1. The first-order valence-electron chi connectivity index (χ1n) is 6.75. The van der Waals surface area contributed by atoms with Gasteiger partial charge in [-0.3, -0.25) is 9.69 Å². The molecule has 0 aliphatic heterocycles. The van der Waals surface area contributed by atoms with Gasteiger partial charge in [-0.1, -0.05) is 19.1 Å². The van der Waals surface area contributed by atoms with Crippen LogP contribution in [0.1, 0.15) is 19.8 Å². The van der Waals surface area contributed by atoms with Gasteiger partial charge in [-0.2, -0.15) is 13.2 Å². The molecule has 0 unspecified atom stereocenters. The van der Waals surface area contributed by atoms with E-state index in [0.29, 0.717) is 24.3 Å². The van der Waals surface area contributed by atoms with Crippen LogP contribution >= 0.6 is 0 Å². The van der Waals surface area contributed by atoms with Crippen molar-refractivity contribution in [2.75, 3.05) is 30.7 Å². The molecule has 0 atom stereocenters. The molecule has 0 saturated carbocycles. The number of para-hydroxylation sites is 2. The number of nitrogen functional groups attached to an aromatic ring is 1. The number of hydrogen-bond acceptors (Lipinski definition) is 3. The van der Waals surface area contributed by atoms with Gasteiger partial charge in [0.25, 0.3) is 0 Å². The molecule has 1 aromatic rings. The molecule has 0 fully saturated rings. The van der Waals surface area contributed by atoms with E-state index in [2.05, 4.69) is 5.32 Å². The van der Waals surface area contributed by atoms with Gasteiger partial charge in [0.15, 0.2) is 0 Å². The van der Waals surface area contributed by atoms with E-state index >= 15 is 0 Å². The summed E-state index contributed by atoms with van der Waals surface area (Å²) in [4.78, 5) is 13.0. The van der Waals surface area contributed by atoms with Crippen LogP contribution in [0.2, 0.25) is 0 Å². The number of nitrogens with zero attached hydrogens (tertiary/aromatic N) is 1. The number of amides is 1. The number of anilines is 2. The van der Waals surface area contributed by atoms with Gasteiger partial charge < -0.3 is 11.1 Å². The molecule has 0 saturated heterocycles. The van der Waals surface area contributed by atoms with Crippen LogP contribution in [0.25, 0.3) is 0 Å². The van der Waals surface area contributed by atoms with Gasteiger partial charge in [0.2, 0.25) is 5.91 Å². The Labute approximate surface area is 122 Å². The van der Waals surface area contributed by atoms with Crippen molar-refractivity contribution in [3.63, 3.8) is 0 Å². The highest BCUT2D eigenvalue weighted by Gasteiger charge is 2.30. The average molecular weight is 303 g/mol. The van der Waals surface area contributed by atoms with Crippen LogP contribution in [-0.2, 0) is 4.79 Å². The van der Waals surface area contributed by atoms with E-state index in [1.165, 1.54) is 4.90 Å². The Morgan fingerprint density at radius 3 is 2.52 bits per heavy atom. The third-order valence-electron chi connectivity index (χ3n) is 2.83. The molecule has 21 heavy (non-hydrogen) atoms. The van der Waals surface area contributed by atoms with Gasteiger partial charge in [0.1, 0.15) is 0 Å². The minimum Gasteiger partial charge on any atom is -0.397 e. The SMILES string of the molecule is CCCN(CCC(=O)Nc1ccccc1N)CC(F)(F)F. The fourth-order valence-electron chi connectivity index (χ4n) is 1.92. The zero-order chi connectivity index (χ0) is 15.9. The summed E-state index contributed by atoms with van der Waals surface area (Å²) in [6.07, 6.45) is -3.66. The fraction of sp³-hybridized carbons (Fsp3) is 0.500. The molecule has 1 amide bonds. The molecule has 0 aliphatic rings. The monoisotopic (exact) mass is 303 g/mol. The zero-order valence-corrected chi connectivity index (χ0v) is 11.9. The summed E-state index contributed by atoms with van der Waals surface area (Å²) in [6, 6.07) is 6.74. The molecule has 1 rings (SSSR count). The second-order valence-electron chi connectivity index (χ2n) is 4.78. The number of nitrogens with two attached hydrogens (primary N) is 1. The van der Waals surface area contributed by atoms with Crippen molar-refractivity contribution in [1.29, 1.82) is 0 Å². The molecule has 0 spiro atoms. The fourth-order valence-corrected chi connectivity index (χ4v) is 1.92. The third-order valence-corrected chi connectivity index (χ3v) is 2.83. The normalized spacial score (nSPS) is 11.7.